The van der Waals surface area contributed by atoms with Crippen molar-refractivity contribution in [2.45, 2.75) is 6.54 Å². The molecule has 0 radical (unpaired) electrons. The van der Waals surface area contributed by atoms with Gasteiger partial charge >= 0.3 is 17.6 Å². The molecule has 0 unspecified atom stereocenters. The fraction of sp³-hybridized carbons (Fsp3) is 0.310. The molecular weight excluding hydrogens is 593 g/mol. The van der Waals surface area contributed by atoms with Gasteiger partial charge in [0.2, 0.25) is 5.95 Å². The first-order valence-electron chi connectivity index (χ1n) is 13.6. The second-order valence-corrected chi connectivity index (χ2v) is 10.5. The summed E-state index contributed by atoms with van der Waals surface area (Å²) in [5.41, 5.74) is 1.00. The molecule has 1 aliphatic heterocycles. The summed E-state index contributed by atoms with van der Waals surface area (Å²) >= 11 is 5.66. The molecule has 1 fully saturated rings. The number of piperazine rings is 1. The predicted molar refractivity (Wildman–Crippen MR) is 165 cm³/mol. The quantitative estimate of drug-likeness (QED) is 0.249. The van der Waals surface area contributed by atoms with Crippen LogP contribution in [0.5, 0.6) is 0 Å². The summed E-state index contributed by atoms with van der Waals surface area (Å²) in [5.74, 6) is -1.06. The lowest BCUT2D eigenvalue weighted by molar-refractivity contribution is 0.0587. The molecule has 0 amide bonds. The summed E-state index contributed by atoms with van der Waals surface area (Å²) < 4.78 is 27.4. The Morgan fingerprint density at radius 2 is 1.61 bits per heavy atom. The highest BCUT2D eigenvalue weighted by Gasteiger charge is 2.27. The van der Waals surface area contributed by atoms with E-state index in [1.54, 1.807) is 23.7 Å². The highest BCUT2D eigenvalue weighted by molar-refractivity contribution is 7.80. The highest BCUT2D eigenvalue weighted by Crippen LogP contribution is 2.24. The van der Waals surface area contributed by atoms with E-state index < -0.39 is 23.2 Å². The third-order valence-electron chi connectivity index (χ3n) is 7.52. The third kappa shape index (κ3) is 5.65. The van der Waals surface area contributed by atoms with Gasteiger partial charge in [-0.25, -0.2) is 18.8 Å². The maximum absolute atomic E-state index is 13.6. The van der Waals surface area contributed by atoms with Gasteiger partial charge in [0.25, 0.3) is 5.56 Å². The topological polar surface area (TPSA) is 133 Å². The Labute approximate surface area is 256 Å². The lowest BCUT2D eigenvalue weighted by Gasteiger charge is -2.37. The molecule has 5 rings (SSSR count). The predicted octanol–water partition coefficient (Wildman–Crippen LogP) is 1.71. The first-order valence-corrected chi connectivity index (χ1v) is 14.0. The van der Waals surface area contributed by atoms with Crippen LogP contribution in [0.3, 0.4) is 0 Å². The van der Waals surface area contributed by atoms with Gasteiger partial charge in [-0.3, -0.25) is 18.5 Å². The number of aryl methyl sites for hydroxylation is 1. The number of esters is 2. The molecule has 0 aliphatic carbocycles. The number of hydrogen-bond donors (Lipinski definition) is 1. The molecule has 2 aromatic carbocycles. The Kier molecular flexibility index (Phi) is 8.49. The van der Waals surface area contributed by atoms with Crippen LogP contribution in [0.25, 0.3) is 11.2 Å². The van der Waals surface area contributed by atoms with E-state index >= 15 is 0 Å². The van der Waals surface area contributed by atoms with Crippen molar-refractivity contribution in [3.8, 4) is 0 Å². The first-order chi connectivity index (χ1) is 21.0. The van der Waals surface area contributed by atoms with Crippen LogP contribution in [-0.4, -0.2) is 81.0 Å². The van der Waals surface area contributed by atoms with Gasteiger partial charge in [-0.2, -0.15) is 4.98 Å². The number of methoxy groups -OCH3 is 2. The van der Waals surface area contributed by atoms with Crippen LogP contribution in [0.1, 0.15) is 26.3 Å². The molecular formula is C29H30FN7O6S. The number of rotatable bonds is 6. The van der Waals surface area contributed by atoms with Crippen molar-refractivity contribution in [1.29, 1.82) is 0 Å². The van der Waals surface area contributed by atoms with E-state index in [2.05, 4.69) is 5.32 Å². The number of fused-ring (bicyclic) bond motifs is 1. The van der Waals surface area contributed by atoms with Gasteiger partial charge < -0.3 is 24.6 Å². The van der Waals surface area contributed by atoms with Crippen molar-refractivity contribution in [3.05, 3.63) is 85.8 Å². The Balaban J connectivity index is 1.42. The summed E-state index contributed by atoms with van der Waals surface area (Å²) in [7, 11) is 5.50. The van der Waals surface area contributed by atoms with Crippen molar-refractivity contribution in [1.82, 2.24) is 23.6 Å². The van der Waals surface area contributed by atoms with Gasteiger partial charge in [0.15, 0.2) is 16.3 Å². The summed E-state index contributed by atoms with van der Waals surface area (Å²) in [4.78, 5) is 59.0. The molecule has 1 N–H and O–H groups in total. The van der Waals surface area contributed by atoms with Crippen LogP contribution in [0.4, 0.5) is 16.0 Å². The second-order valence-electron chi connectivity index (χ2n) is 10.2. The average molecular weight is 624 g/mol. The van der Waals surface area contributed by atoms with Crippen LogP contribution in [0.2, 0.25) is 0 Å². The highest BCUT2D eigenvalue weighted by atomic mass is 32.1. The molecule has 2 aromatic heterocycles. The largest absolute Gasteiger partial charge is 0.465 e. The number of anilines is 2. The number of carbonyl (C=O) groups excluding carboxylic acids is 2. The molecule has 4 aromatic rings. The summed E-state index contributed by atoms with van der Waals surface area (Å²) in [5, 5.41) is 3.39. The molecule has 1 saturated heterocycles. The average Bonchev–Trinajstić information content (AvgIpc) is 3.42. The van der Waals surface area contributed by atoms with Crippen LogP contribution >= 0.6 is 12.2 Å². The Morgan fingerprint density at radius 1 is 0.955 bits per heavy atom. The van der Waals surface area contributed by atoms with Crippen molar-refractivity contribution in [3.63, 3.8) is 0 Å². The Hall–Kier alpha value is -5.05. The number of benzene rings is 2. The Morgan fingerprint density at radius 3 is 2.25 bits per heavy atom. The first kappa shape index (κ1) is 30.4. The number of hydrogen-bond acceptors (Lipinski definition) is 9. The molecule has 13 nitrogen and oxygen atoms in total. The number of imidazole rings is 1. The SMILES string of the molecule is COC(=O)c1ccc(C(=O)OC)c(NC(=S)N2CCN(c3nc4c(c(=O)n(C)c(=O)n4C)n3Cc3ccc(F)cc3)CC2)c1. The number of halogens is 1. The third-order valence-corrected chi connectivity index (χ3v) is 7.88. The molecule has 0 atom stereocenters. The van der Waals surface area contributed by atoms with E-state index in [1.807, 2.05) is 9.80 Å². The smallest absolute Gasteiger partial charge is 0.339 e. The zero-order valence-electron chi connectivity index (χ0n) is 24.5. The second kappa shape index (κ2) is 12.3. The van der Waals surface area contributed by atoms with Crippen LogP contribution < -0.4 is 21.5 Å². The van der Waals surface area contributed by atoms with Gasteiger partial charge in [-0.05, 0) is 48.1 Å². The van der Waals surface area contributed by atoms with Crippen molar-refractivity contribution < 1.29 is 23.5 Å². The molecule has 0 bridgehead atoms. The fourth-order valence-electron chi connectivity index (χ4n) is 5.08. The van der Waals surface area contributed by atoms with Crippen molar-refractivity contribution in [2.75, 3.05) is 50.6 Å². The molecule has 15 heteroatoms. The van der Waals surface area contributed by atoms with Gasteiger partial charge in [0.1, 0.15) is 5.82 Å². The standard InChI is InChI=1S/C29H30FN7O6S/c1-33-23-22(24(38)34(2)29(33)41)37(16-17-5-8-19(30)9-6-17)27(32-23)35-11-13-36(14-12-35)28(44)31-21-15-18(25(39)42-3)7-10-20(21)26(40)43-4/h5-10,15H,11-14,16H2,1-4H3,(H,31,44). The zero-order valence-corrected chi connectivity index (χ0v) is 25.3. The molecule has 0 spiro atoms. The van der Waals surface area contributed by atoms with Gasteiger partial charge in [-0.15, -0.1) is 0 Å². The minimum absolute atomic E-state index is 0.197. The van der Waals surface area contributed by atoms with E-state index in [0.717, 1.165) is 10.1 Å². The minimum atomic E-state index is -0.600. The minimum Gasteiger partial charge on any atom is -0.465 e. The van der Waals surface area contributed by atoms with Gasteiger partial charge in [0.05, 0.1) is 37.6 Å². The normalized spacial score (nSPS) is 13.2. The number of thiocarbonyl (C=S) groups is 1. The molecule has 0 saturated carbocycles. The molecule has 44 heavy (non-hydrogen) atoms. The van der Waals surface area contributed by atoms with Gasteiger partial charge in [0, 0.05) is 40.3 Å². The maximum Gasteiger partial charge on any atom is 0.339 e. The monoisotopic (exact) mass is 623 g/mol. The van der Waals surface area contributed by atoms with E-state index in [0.29, 0.717) is 42.9 Å². The Bertz CT molecular complexity index is 1890. The van der Waals surface area contributed by atoms with E-state index in [9.17, 15) is 23.6 Å². The van der Waals surface area contributed by atoms with Crippen molar-refractivity contribution in [2.24, 2.45) is 14.1 Å². The fourth-order valence-corrected chi connectivity index (χ4v) is 5.38. The summed E-state index contributed by atoms with van der Waals surface area (Å²) in [6.07, 6.45) is 0. The number of aromatic nitrogens is 4. The van der Waals surface area contributed by atoms with Crippen LogP contribution in [0.15, 0.2) is 52.1 Å². The zero-order chi connectivity index (χ0) is 31.7. The van der Waals surface area contributed by atoms with E-state index in [4.69, 9.17) is 26.7 Å². The molecule has 230 valence electrons. The molecule has 1 aliphatic rings. The number of carbonyl (C=O) groups is 2. The lowest BCUT2D eigenvalue weighted by atomic mass is 10.1. The van der Waals surface area contributed by atoms with Gasteiger partial charge in [-0.1, -0.05) is 12.1 Å². The number of ether oxygens (including phenoxy) is 2. The summed E-state index contributed by atoms with van der Waals surface area (Å²) in [6.45, 7) is 2.04. The van der Waals surface area contributed by atoms with E-state index in [-0.39, 0.29) is 34.7 Å². The van der Waals surface area contributed by atoms with Crippen LogP contribution in [0, 0.1) is 5.82 Å². The van der Waals surface area contributed by atoms with E-state index in [1.165, 1.54) is 56.2 Å². The lowest BCUT2D eigenvalue weighted by Crippen LogP contribution is -2.50. The maximum atomic E-state index is 13.6. The number of nitrogens with zero attached hydrogens (tertiary/aromatic N) is 6. The van der Waals surface area contributed by atoms with Crippen molar-refractivity contribution >= 4 is 52.1 Å². The van der Waals surface area contributed by atoms with Crippen LogP contribution in [-0.2, 0) is 30.1 Å². The number of nitrogens with one attached hydrogen (secondary N) is 1. The summed E-state index contributed by atoms with van der Waals surface area (Å²) in [6, 6.07) is 10.4. The molecule has 3 heterocycles.